The molecule has 1 aliphatic rings. The second kappa shape index (κ2) is 3.52. The highest BCUT2D eigenvalue weighted by Gasteiger charge is 2.51. The van der Waals surface area contributed by atoms with Crippen LogP contribution in [0.5, 0.6) is 5.75 Å². The van der Waals surface area contributed by atoms with Crippen molar-refractivity contribution < 1.29 is 4.74 Å². The maximum atomic E-state index is 8.97. The van der Waals surface area contributed by atoms with Gasteiger partial charge in [-0.05, 0) is 37.0 Å². The van der Waals surface area contributed by atoms with Gasteiger partial charge >= 0.3 is 0 Å². The minimum atomic E-state index is 0.0660. The molecule has 1 fully saturated rings. The van der Waals surface area contributed by atoms with Gasteiger partial charge < -0.3 is 4.74 Å². The minimum absolute atomic E-state index is 0.0660. The Morgan fingerprint density at radius 3 is 2.31 bits per heavy atom. The Labute approximate surface area is 96.9 Å². The highest BCUT2D eigenvalue weighted by atomic mass is 16.5. The van der Waals surface area contributed by atoms with E-state index < -0.39 is 0 Å². The lowest BCUT2D eigenvalue weighted by atomic mass is 9.92. The van der Waals surface area contributed by atoms with Gasteiger partial charge in [0.2, 0.25) is 0 Å². The zero-order valence-electron chi connectivity index (χ0n) is 10.3. The van der Waals surface area contributed by atoms with E-state index in [0.29, 0.717) is 0 Å². The zero-order valence-corrected chi connectivity index (χ0v) is 10.3. The van der Waals surface area contributed by atoms with E-state index in [-0.39, 0.29) is 11.3 Å². The number of hydrogen-bond acceptors (Lipinski definition) is 2. The van der Waals surface area contributed by atoms with Gasteiger partial charge in [-0.3, -0.25) is 0 Å². The first-order valence-electron chi connectivity index (χ1n) is 5.58. The molecule has 1 saturated carbocycles. The molecule has 16 heavy (non-hydrogen) atoms. The number of rotatable bonds is 2. The molecule has 2 unspecified atom stereocenters. The van der Waals surface area contributed by atoms with Crippen LogP contribution in [0, 0.1) is 31.1 Å². The quantitative estimate of drug-likeness (QED) is 0.759. The minimum Gasteiger partial charge on any atom is -0.496 e. The van der Waals surface area contributed by atoms with Crippen LogP contribution in [0.25, 0.3) is 0 Å². The summed E-state index contributed by atoms with van der Waals surface area (Å²) in [6.45, 7) is 6.28. The predicted octanol–water partition coefficient (Wildman–Crippen LogP) is 3.11. The summed E-state index contributed by atoms with van der Waals surface area (Å²) in [7, 11) is 1.70. The fourth-order valence-corrected chi connectivity index (χ4v) is 2.47. The first-order valence-corrected chi connectivity index (χ1v) is 5.58. The Bertz CT molecular complexity index is 449. The summed E-state index contributed by atoms with van der Waals surface area (Å²) in [5, 5.41) is 8.97. The van der Waals surface area contributed by atoms with Crippen LogP contribution in [-0.4, -0.2) is 7.11 Å². The molecule has 2 rings (SSSR count). The SMILES string of the molecule is COc1c(C)cc(C2(C)CC2C#N)cc1C. The molecule has 2 heteroatoms. The lowest BCUT2D eigenvalue weighted by molar-refractivity contribution is 0.408. The number of hydrogen-bond donors (Lipinski definition) is 0. The van der Waals surface area contributed by atoms with Gasteiger partial charge in [-0.15, -0.1) is 0 Å². The zero-order chi connectivity index (χ0) is 11.9. The average molecular weight is 215 g/mol. The molecule has 0 saturated heterocycles. The molecule has 0 amide bonds. The van der Waals surface area contributed by atoms with Gasteiger partial charge in [-0.1, -0.05) is 19.1 Å². The molecule has 0 N–H and O–H groups in total. The van der Waals surface area contributed by atoms with E-state index in [4.69, 9.17) is 10.00 Å². The van der Waals surface area contributed by atoms with Crippen LogP contribution in [0.2, 0.25) is 0 Å². The normalized spacial score (nSPS) is 27.3. The van der Waals surface area contributed by atoms with E-state index in [2.05, 4.69) is 39.0 Å². The van der Waals surface area contributed by atoms with Crippen molar-refractivity contribution in [2.75, 3.05) is 7.11 Å². The van der Waals surface area contributed by atoms with E-state index >= 15 is 0 Å². The average Bonchev–Trinajstić information content (AvgIpc) is 2.91. The first kappa shape index (κ1) is 11.0. The van der Waals surface area contributed by atoms with E-state index in [1.54, 1.807) is 7.11 Å². The summed E-state index contributed by atoms with van der Waals surface area (Å²) < 4.78 is 5.35. The van der Waals surface area contributed by atoms with Crippen molar-refractivity contribution in [3.63, 3.8) is 0 Å². The third-order valence-corrected chi connectivity index (χ3v) is 3.72. The first-order chi connectivity index (χ1) is 7.52. The number of aryl methyl sites for hydroxylation is 2. The second-order valence-electron chi connectivity index (χ2n) is 4.95. The van der Waals surface area contributed by atoms with Crippen molar-refractivity contribution in [1.82, 2.24) is 0 Å². The summed E-state index contributed by atoms with van der Waals surface area (Å²) in [6.07, 6.45) is 0.981. The summed E-state index contributed by atoms with van der Waals surface area (Å²) in [5.74, 6) is 1.14. The fourth-order valence-electron chi connectivity index (χ4n) is 2.47. The maximum absolute atomic E-state index is 8.97. The van der Waals surface area contributed by atoms with Crippen molar-refractivity contribution in [3.8, 4) is 11.8 Å². The van der Waals surface area contributed by atoms with Crippen LogP contribution in [0.4, 0.5) is 0 Å². The Morgan fingerprint density at radius 2 is 1.94 bits per heavy atom. The molecule has 2 atom stereocenters. The Hall–Kier alpha value is -1.49. The van der Waals surface area contributed by atoms with Gasteiger partial charge in [0.15, 0.2) is 0 Å². The topological polar surface area (TPSA) is 33.0 Å². The molecule has 84 valence electrons. The smallest absolute Gasteiger partial charge is 0.124 e. The van der Waals surface area contributed by atoms with Gasteiger partial charge in [0.25, 0.3) is 0 Å². The van der Waals surface area contributed by atoms with Crippen molar-refractivity contribution >= 4 is 0 Å². The molecule has 1 aromatic carbocycles. The van der Waals surface area contributed by atoms with Crippen LogP contribution in [0.3, 0.4) is 0 Å². The maximum Gasteiger partial charge on any atom is 0.124 e. The van der Waals surface area contributed by atoms with Gasteiger partial charge in [0, 0.05) is 5.41 Å². The number of nitrogens with zero attached hydrogens (tertiary/aromatic N) is 1. The summed E-state index contributed by atoms with van der Waals surface area (Å²) in [5.41, 5.74) is 3.65. The number of nitriles is 1. The molecule has 0 radical (unpaired) electrons. The molecule has 0 aliphatic heterocycles. The molecule has 0 heterocycles. The summed E-state index contributed by atoms with van der Waals surface area (Å²) in [4.78, 5) is 0. The highest BCUT2D eigenvalue weighted by molar-refractivity contribution is 5.48. The van der Waals surface area contributed by atoms with Crippen molar-refractivity contribution in [3.05, 3.63) is 28.8 Å². The van der Waals surface area contributed by atoms with Crippen molar-refractivity contribution in [2.45, 2.75) is 32.6 Å². The largest absolute Gasteiger partial charge is 0.496 e. The van der Waals surface area contributed by atoms with E-state index in [1.165, 1.54) is 5.56 Å². The van der Waals surface area contributed by atoms with Crippen LogP contribution in [0.15, 0.2) is 12.1 Å². The molecular weight excluding hydrogens is 198 g/mol. The molecule has 1 aliphatic carbocycles. The third-order valence-electron chi connectivity index (χ3n) is 3.72. The van der Waals surface area contributed by atoms with Gasteiger partial charge in [0.1, 0.15) is 5.75 Å². The fraction of sp³-hybridized carbons (Fsp3) is 0.500. The molecule has 0 bridgehead atoms. The molecular formula is C14H17NO. The Balaban J connectivity index is 2.43. The second-order valence-corrected chi connectivity index (χ2v) is 4.95. The van der Waals surface area contributed by atoms with Gasteiger partial charge in [-0.2, -0.15) is 5.26 Å². The molecule has 2 nitrogen and oxygen atoms in total. The van der Waals surface area contributed by atoms with Crippen LogP contribution in [0.1, 0.15) is 30.0 Å². The van der Waals surface area contributed by atoms with Crippen LogP contribution < -0.4 is 4.74 Å². The molecule has 1 aromatic rings. The Morgan fingerprint density at radius 1 is 1.38 bits per heavy atom. The number of methoxy groups -OCH3 is 1. The van der Waals surface area contributed by atoms with E-state index in [1.807, 2.05) is 0 Å². The number of benzene rings is 1. The van der Waals surface area contributed by atoms with E-state index in [9.17, 15) is 0 Å². The van der Waals surface area contributed by atoms with Crippen LogP contribution >= 0.6 is 0 Å². The molecule has 0 spiro atoms. The standard InChI is InChI=1S/C14H17NO/c1-9-5-11(6-10(2)13(9)16-4)14(3)7-12(14)8-15/h5-6,12H,7H2,1-4H3. The molecule has 0 aromatic heterocycles. The Kier molecular flexibility index (Phi) is 2.42. The summed E-state index contributed by atoms with van der Waals surface area (Å²) >= 11 is 0. The van der Waals surface area contributed by atoms with Gasteiger partial charge in [0.05, 0.1) is 19.1 Å². The lowest BCUT2D eigenvalue weighted by Crippen LogP contribution is -2.05. The van der Waals surface area contributed by atoms with Gasteiger partial charge in [-0.25, -0.2) is 0 Å². The highest BCUT2D eigenvalue weighted by Crippen LogP contribution is 2.54. The van der Waals surface area contributed by atoms with E-state index in [0.717, 1.165) is 23.3 Å². The number of ether oxygens (including phenoxy) is 1. The lowest BCUT2D eigenvalue weighted by Gasteiger charge is -2.15. The third kappa shape index (κ3) is 1.48. The summed E-state index contributed by atoms with van der Waals surface area (Å²) in [6, 6.07) is 6.68. The predicted molar refractivity (Wildman–Crippen MR) is 63.5 cm³/mol. The van der Waals surface area contributed by atoms with Crippen molar-refractivity contribution in [2.24, 2.45) is 5.92 Å². The van der Waals surface area contributed by atoms with Crippen LogP contribution in [-0.2, 0) is 5.41 Å². The van der Waals surface area contributed by atoms with Crippen molar-refractivity contribution in [1.29, 1.82) is 5.26 Å². The monoisotopic (exact) mass is 215 g/mol.